The van der Waals surface area contributed by atoms with Crippen LogP contribution in [-0.2, 0) is 10.3 Å². The highest BCUT2D eigenvalue weighted by Gasteiger charge is 2.59. The van der Waals surface area contributed by atoms with E-state index in [4.69, 9.17) is 9.73 Å². The number of aliphatic imine (C=N–C) groups is 1. The Bertz CT molecular complexity index is 1450. The summed E-state index contributed by atoms with van der Waals surface area (Å²) in [6, 6.07) is 40.0. The normalized spacial score (nSPS) is 23.0. The molecule has 2 nitrogen and oxygen atoms in total. The Hall–Kier alpha value is -4.17. The van der Waals surface area contributed by atoms with Crippen LogP contribution in [0.15, 0.2) is 132 Å². The Balaban J connectivity index is 1.64. The van der Waals surface area contributed by atoms with Crippen molar-refractivity contribution < 1.29 is 4.74 Å². The second-order valence-electron chi connectivity index (χ2n) is 9.45. The van der Waals surface area contributed by atoms with Gasteiger partial charge < -0.3 is 4.74 Å². The van der Waals surface area contributed by atoms with Gasteiger partial charge in [-0.1, -0.05) is 109 Å². The lowest BCUT2D eigenvalue weighted by Crippen LogP contribution is -2.47. The number of hydrogen-bond acceptors (Lipinski definition) is 2. The van der Waals surface area contributed by atoms with E-state index < -0.39 is 11.1 Å². The van der Waals surface area contributed by atoms with Gasteiger partial charge in [0.1, 0.15) is 5.54 Å². The molecule has 2 atom stereocenters. The van der Waals surface area contributed by atoms with Crippen LogP contribution in [0.4, 0.5) is 0 Å². The largest absolute Gasteiger partial charge is 0.459 e. The lowest BCUT2D eigenvalue weighted by atomic mass is 9.66. The zero-order valence-corrected chi connectivity index (χ0v) is 20.0. The maximum atomic E-state index is 7.00. The highest BCUT2D eigenvalue weighted by molar-refractivity contribution is 6.01. The third kappa shape index (κ3) is 3.45. The van der Waals surface area contributed by atoms with Gasteiger partial charge in [0.2, 0.25) is 5.90 Å². The van der Waals surface area contributed by atoms with Crippen LogP contribution >= 0.6 is 0 Å². The van der Waals surface area contributed by atoms with E-state index >= 15 is 0 Å². The van der Waals surface area contributed by atoms with E-state index in [1.165, 1.54) is 5.56 Å². The van der Waals surface area contributed by atoms with E-state index in [-0.39, 0.29) is 0 Å². The van der Waals surface area contributed by atoms with Gasteiger partial charge in [0.05, 0.1) is 0 Å². The van der Waals surface area contributed by atoms with Crippen molar-refractivity contribution in [1.29, 1.82) is 0 Å². The van der Waals surface area contributed by atoms with Crippen LogP contribution in [0.2, 0.25) is 0 Å². The summed E-state index contributed by atoms with van der Waals surface area (Å²) in [5.41, 5.74) is 6.42. The molecule has 0 bridgehead atoms. The summed E-state index contributed by atoms with van der Waals surface area (Å²) in [6.07, 6.45) is 4.56. The molecule has 0 amide bonds. The Morgan fingerprint density at radius 2 is 1.20 bits per heavy atom. The molecule has 35 heavy (non-hydrogen) atoms. The molecule has 1 aliphatic carbocycles. The Labute approximate surface area is 207 Å². The molecule has 0 radical (unpaired) electrons. The topological polar surface area (TPSA) is 21.6 Å². The fourth-order valence-corrected chi connectivity index (χ4v) is 5.26. The van der Waals surface area contributed by atoms with Crippen molar-refractivity contribution in [3.05, 3.63) is 155 Å². The minimum absolute atomic E-state index is 0.659. The highest BCUT2D eigenvalue weighted by atomic mass is 16.5. The van der Waals surface area contributed by atoms with Crippen LogP contribution in [0.5, 0.6) is 0 Å². The van der Waals surface area contributed by atoms with Crippen LogP contribution in [0.25, 0.3) is 11.1 Å². The van der Waals surface area contributed by atoms with Crippen LogP contribution in [-0.4, -0.2) is 11.4 Å². The second-order valence-corrected chi connectivity index (χ2v) is 9.45. The minimum Gasteiger partial charge on any atom is -0.459 e. The molecule has 4 aromatic rings. The van der Waals surface area contributed by atoms with Crippen molar-refractivity contribution >= 4 is 17.0 Å². The van der Waals surface area contributed by atoms with E-state index in [2.05, 4.69) is 135 Å². The van der Waals surface area contributed by atoms with E-state index in [0.29, 0.717) is 5.90 Å². The van der Waals surface area contributed by atoms with E-state index in [1.54, 1.807) is 0 Å². The van der Waals surface area contributed by atoms with Crippen molar-refractivity contribution in [2.24, 2.45) is 4.99 Å². The van der Waals surface area contributed by atoms with Gasteiger partial charge in [-0.3, -0.25) is 0 Å². The molecule has 4 aromatic carbocycles. The fraction of sp³-hybridized carbons (Fsp3) is 0.121. The summed E-state index contributed by atoms with van der Waals surface area (Å²) in [5, 5.41) is 0. The molecule has 0 fully saturated rings. The predicted molar refractivity (Wildman–Crippen MR) is 144 cm³/mol. The maximum Gasteiger partial charge on any atom is 0.218 e. The van der Waals surface area contributed by atoms with Crippen molar-refractivity contribution in [2.45, 2.75) is 25.0 Å². The van der Waals surface area contributed by atoms with E-state index in [9.17, 15) is 0 Å². The van der Waals surface area contributed by atoms with Gasteiger partial charge >= 0.3 is 0 Å². The summed E-state index contributed by atoms with van der Waals surface area (Å²) in [5.74, 6) is 0.670. The Kier molecular flexibility index (Phi) is 5.04. The van der Waals surface area contributed by atoms with Gasteiger partial charge in [0, 0.05) is 11.1 Å². The van der Waals surface area contributed by atoms with Crippen LogP contribution in [0.1, 0.15) is 34.7 Å². The summed E-state index contributed by atoms with van der Waals surface area (Å²) in [6.45, 7) is 4.30. The van der Waals surface area contributed by atoms with Crippen molar-refractivity contribution in [2.75, 3.05) is 0 Å². The number of fused-ring (bicyclic) bond motifs is 1. The van der Waals surface area contributed by atoms with Gasteiger partial charge in [-0.2, -0.15) is 0 Å². The van der Waals surface area contributed by atoms with Gasteiger partial charge in [-0.05, 0) is 60.4 Å². The number of benzene rings is 4. The molecule has 2 aliphatic rings. The number of aryl methyl sites for hydroxylation is 1. The van der Waals surface area contributed by atoms with Gasteiger partial charge in [-0.25, -0.2) is 4.99 Å². The SMILES string of the molecule is Cc1ccc(C2=NC3(C)C(c4ccccc4)=CC(c4ccccc4)=CC3(c3ccccc3)O2)cc1. The molecule has 6 rings (SSSR count). The highest BCUT2D eigenvalue weighted by Crippen LogP contribution is 2.56. The summed E-state index contributed by atoms with van der Waals surface area (Å²) in [7, 11) is 0. The Morgan fingerprint density at radius 3 is 1.83 bits per heavy atom. The van der Waals surface area contributed by atoms with Crippen LogP contribution in [0.3, 0.4) is 0 Å². The van der Waals surface area contributed by atoms with Gasteiger partial charge in [0.15, 0.2) is 5.60 Å². The zero-order valence-electron chi connectivity index (χ0n) is 20.0. The molecule has 0 saturated heterocycles. The fourth-order valence-electron chi connectivity index (χ4n) is 5.26. The lowest BCUT2D eigenvalue weighted by molar-refractivity contribution is 0.0868. The lowest BCUT2D eigenvalue weighted by Gasteiger charge is -2.43. The number of rotatable bonds is 4. The van der Waals surface area contributed by atoms with Crippen molar-refractivity contribution in [3.63, 3.8) is 0 Å². The first-order valence-corrected chi connectivity index (χ1v) is 12.1. The third-order valence-corrected chi connectivity index (χ3v) is 7.18. The molecular weight excluding hydrogens is 426 g/mol. The molecule has 0 spiro atoms. The average Bonchev–Trinajstić information content (AvgIpc) is 3.24. The van der Waals surface area contributed by atoms with Crippen LogP contribution < -0.4 is 0 Å². The molecule has 0 saturated carbocycles. The smallest absolute Gasteiger partial charge is 0.218 e. The molecule has 2 heteroatoms. The number of ether oxygens (including phenoxy) is 1. The zero-order chi connectivity index (χ0) is 23.9. The first-order valence-electron chi connectivity index (χ1n) is 12.1. The molecule has 1 heterocycles. The predicted octanol–water partition coefficient (Wildman–Crippen LogP) is 7.61. The van der Waals surface area contributed by atoms with Gasteiger partial charge in [0.25, 0.3) is 0 Å². The molecule has 1 aliphatic heterocycles. The van der Waals surface area contributed by atoms with E-state index in [0.717, 1.165) is 33.4 Å². The first-order chi connectivity index (χ1) is 17.1. The van der Waals surface area contributed by atoms with E-state index in [1.807, 2.05) is 6.07 Å². The summed E-state index contributed by atoms with van der Waals surface area (Å²) < 4.78 is 7.00. The molecular formula is C33H27NO. The average molecular weight is 454 g/mol. The van der Waals surface area contributed by atoms with Crippen LogP contribution in [0, 0.1) is 6.92 Å². The Morgan fingerprint density at radius 1 is 0.629 bits per heavy atom. The number of hydrogen-bond donors (Lipinski definition) is 0. The van der Waals surface area contributed by atoms with Crippen molar-refractivity contribution in [1.82, 2.24) is 0 Å². The molecule has 0 aromatic heterocycles. The van der Waals surface area contributed by atoms with Gasteiger partial charge in [-0.15, -0.1) is 0 Å². The standard InChI is InChI=1S/C33H27NO/c1-24-18-20-27(21-19-24)31-34-32(2)30(26-14-8-4-9-15-26)22-28(25-12-6-3-7-13-25)23-33(32,35-31)29-16-10-5-11-17-29/h3-23H,1-2H3. The maximum absolute atomic E-state index is 7.00. The third-order valence-electron chi connectivity index (χ3n) is 7.18. The molecule has 2 unspecified atom stereocenters. The number of nitrogens with zero attached hydrogens (tertiary/aromatic N) is 1. The summed E-state index contributed by atoms with van der Waals surface area (Å²) >= 11 is 0. The molecule has 170 valence electrons. The van der Waals surface area contributed by atoms with Crippen molar-refractivity contribution in [3.8, 4) is 0 Å². The number of allylic oxidation sites excluding steroid dienone is 2. The first kappa shape index (κ1) is 21.4. The monoisotopic (exact) mass is 453 g/mol. The quantitative estimate of drug-likeness (QED) is 0.312. The summed E-state index contributed by atoms with van der Waals surface area (Å²) in [4.78, 5) is 5.36. The molecule has 0 N–H and O–H groups in total. The second kappa shape index (κ2) is 8.25. The minimum atomic E-state index is -0.792.